The monoisotopic (exact) mass is 278 g/mol. The Labute approximate surface area is 102 Å². The number of halogens is 2. The van der Waals surface area contributed by atoms with E-state index in [9.17, 15) is 17.2 Å². The second-order valence-corrected chi connectivity index (χ2v) is 5.71. The number of benzene rings is 1. The molecule has 0 aliphatic heterocycles. The molecule has 0 saturated heterocycles. The van der Waals surface area contributed by atoms with E-state index in [1.54, 1.807) is 0 Å². The van der Waals surface area contributed by atoms with Crippen LogP contribution in [0, 0.1) is 11.3 Å². The molecule has 92 valence electrons. The number of rotatable bonds is 5. The molecule has 0 heterocycles. The van der Waals surface area contributed by atoms with Gasteiger partial charge in [-0.3, -0.25) is 4.72 Å². The van der Waals surface area contributed by atoms with Gasteiger partial charge in [0.05, 0.1) is 6.07 Å². The molecule has 8 heteroatoms. The number of thioether (sulfide) groups is 1. The van der Waals surface area contributed by atoms with Crippen LogP contribution in [0.25, 0.3) is 0 Å². The van der Waals surface area contributed by atoms with Gasteiger partial charge in [0.1, 0.15) is 0 Å². The summed E-state index contributed by atoms with van der Waals surface area (Å²) in [6.07, 6.45) is 0. The Morgan fingerprint density at radius 1 is 1.35 bits per heavy atom. The molecule has 1 aromatic rings. The van der Waals surface area contributed by atoms with Gasteiger partial charge in [-0.15, -0.1) is 0 Å². The van der Waals surface area contributed by atoms with Crippen LogP contribution in [0.2, 0.25) is 0 Å². The lowest BCUT2D eigenvalue weighted by atomic mass is 10.3. The maximum Gasteiger partial charge on any atom is 0.288 e. The normalized spacial score (nSPS) is 11.2. The van der Waals surface area contributed by atoms with Crippen LogP contribution in [-0.4, -0.2) is 19.9 Å². The molecule has 0 radical (unpaired) electrons. The zero-order chi connectivity index (χ0) is 12.9. The number of nitriles is 1. The number of hydrogen-bond donors (Lipinski definition) is 1. The predicted molar refractivity (Wildman–Crippen MR) is 61.3 cm³/mol. The first-order valence-corrected chi connectivity index (χ1v) is 6.88. The van der Waals surface area contributed by atoms with Crippen molar-refractivity contribution >= 4 is 27.5 Å². The molecule has 0 saturated carbocycles. The Bertz CT molecular complexity index is 509. The molecule has 0 spiro atoms. The Balaban J connectivity index is 2.73. The summed E-state index contributed by atoms with van der Waals surface area (Å²) in [4.78, 5) is 0.336. The molecule has 0 atom stereocenters. The highest BCUT2D eigenvalue weighted by atomic mass is 32.2. The van der Waals surface area contributed by atoms with E-state index in [-0.39, 0.29) is 5.69 Å². The highest BCUT2D eigenvalue weighted by Gasteiger charge is 2.10. The zero-order valence-corrected chi connectivity index (χ0v) is 10.1. The SMILES string of the molecule is N#CCS(=O)(=O)Nc1ccc(SC(F)F)cc1. The molecule has 1 rings (SSSR count). The molecule has 1 N–H and O–H groups in total. The largest absolute Gasteiger partial charge is 0.288 e. The van der Waals surface area contributed by atoms with E-state index in [0.29, 0.717) is 16.7 Å². The number of hydrogen-bond acceptors (Lipinski definition) is 4. The summed E-state index contributed by atoms with van der Waals surface area (Å²) in [5, 5.41) is 8.27. The van der Waals surface area contributed by atoms with Gasteiger partial charge in [0.2, 0.25) is 10.0 Å². The lowest BCUT2D eigenvalue weighted by Crippen LogP contribution is -2.15. The smallest absolute Gasteiger partial charge is 0.283 e. The number of nitrogens with one attached hydrogen (secondary N) is 1. The number of alkyl halides is 2. The molecule has 4 nitrogen and oxygen atoms in total. The van der Waals surface area contributed by atoms with Crippen molar-refractivity contribution < 1.29 is 17.2 Å². The molecule has 0 fully saturated rings. The average Bonchev–Trinajstić information content (AvgIpc) is 2.19. The van der Waals surface area contributed by atoms with Gasteiger partial charge < -0.3 is 0 Å². The minimum atomic E-state index is -3.69. The first-order chi connectivity index (χ1) is 7.93. The van der Waals surface area contributed by atoms with E-state index in [1.807, 2.05) is 0 Å². The molecule has 0 bridgehead atoms. The fourth-order valence-electron chi connectivity index (χ4n) is 1.01. The van der Waals surface area contributed by atoms with Crippen molar-refractivity contribution in [3.63, 3.8) is 0 Å². The van der Waals surface area contributed by atoms with Crippen molar-refractivity contribution in [1.29, 1.82) is 5.26 Å². The third kappa shape index (κ3) is 5.01. The van der Waals surface area contributed by atoms with Gasteiger partial charge in [0, 0.05) is 10.6 Å². The Morgan fingerprint density at radius 3 is 2.41 bits per heavy atom. The summed E-state index contributed by atoms with van der Waals surface area (Å²) in [6.45, 7) is 0. The Hall–Kier alpha value is -1.33. The van der Waals surface area contributed by atoms with E-state index >= 15 is 0 Å². The van der Waals surface area contributed by atoms with Crippen LogP contribution in [0.5, 0.6) is 0 Å². The fourth-order valence-corrected chi connectivity index (χ4v) is 2.24. The maximum absolute atomic E-state index is 12.0. The molecule has 0 aliphatic rings. The second kappa shape index (κ2) is 5.84. The number of nitrogens with zero attached hydrogens (tertiary/aromatic N) is 1. The van der Waals surface area contributed by atoms with E-state index in [1.165, 1.54) is 30.3 Å². The van der Waals surface area contributed by atoms with Crippen molar-refractivity contribution in [2.75, 3.05) is 10.5 Å². The summed E-state index contributed by atoms with van der Waals surface area (Å²) < 4.78 is 48.6. The molecular formula is C9H8F2N2O2S2. The molecular weight excluding hydrogens is 270 g/mol. The van der Waals surface area contributed by atoms with Gasteiger partial charge in [-0.05, 0) is 24.3 Å². The molecule has 0 aliphatic carbocycles. The van der Waals surface area contributed by atoms with Crippen LogP contribution in [0.1, 0.15) is 0 Å². The van der Waals surface area contributed by atoms with E-state index in [2.05, 4.69) is 4.72 Å². The lowest BCUT2D eigenvalue weighted by molar-refractivity contribution is 0.252. The third-order valence-electron chi connectivity index (χ3n) is 1.61. The Kier molecular flexibility index (Phi) is 4.72. The molecule has 0 aromatic heterocycles. The molecule has 1 aromatic carbocycles. The van der Waals surface area contributed by atoms with E-state index < -0.39 is 21.5 Å². The average molecular weight is 278 g/mol. The fraction of sp³-hybridized carbons (Fsp3) is 0.222. The minimum absolute atomic E-state index is 0.235. The van der Waals surface area contributed by atoms with Crippen molar-refractivity contribution in [1.82, 2.24) is 0 Å². The van der Waals surface area contributed by atoms with Gasteiger partial charge >= 0.3 is 0 Å². The first kappa shape index (κ1) is 13.7. The summed E-state index contributed by atoms with van der Waals surface area (Å²) in [6, 6.07) is 6.99. The van der Waals surface area contributed by atoms with Gasteiger partial charge in [0.15, 0.2) is 5.75 Å². The van der Waals surface area contributed by atoms with Crippen LogP contribution in [0.4, 0.5) is 14.5 Å². The molecule has 0 unspecified atom stereocenters. The highest BCUT2D eigenvalue weighted by molar-refractivity contribution is 7.99. The topological polar surface area (TPSA) is 70.0 Å². The molecule has 17 heavy (non-hydrogen) atoms. The number of anilines is 1. The first-order valence-electron chi connectivity index (χ1n) is 4.35. The van der Waals surface area contributed by atoms with Crippen LogP contribution in [0.3, 0.4) is 0 Å². The van der Waals surface area contributed by atoms with E-state index in [4.69, 9.17) is 5.26 Å². The maximum atomic E-state index is 12.0. The van der Waals surface area contributed by atoms with Crippen molar-refractivity contribution in [3.8, 4) is 6.07 Å². The summed E-state index contributed by atoms with van der Waals surface area (Å²) >= 11 is 0.372. The lowest BCUT2D eigenvalue weighted by Gasteiger charge is -2.05. The summed E-state index contributed by atoms with van der Waals surface area (Å²) in [5.74, 6) is -3.17. The summed E-state index contributed by atoms with van der Waals surface area (Å²) in [5.41, 5.74) is 0.235. The standard InChI is InChI=1S/C9H8F2N2O2S2/c10-9(11)16-8-3-1-7(2-4-8)13-17(14,15)6-5-12/h1-4,9,13H,6H2. The minimum Gasteiger partial charge on any atom is -0.283 e. The zero-order valence-electron chi connectivity index (χ0n) is 8.43. The van der Waals surface area contributed by atoms with E-state index in [0.717, 1.165) is 0 Å². The molecule has 0 amide bonds. The quantitative estimate of drug-likeness (QED) is 0.839. The summed E-state index contributed by atoms with van der Waals surface area (Å²) in [7, 11) is -3.69. The van der Waals surface area contributed by atoms with Crippen molar-refractivity contribution in [2.45, 2.75) is 10.7 Å². The van der Waals surface area contributed by atoms with Crippen molar-refractivity contribution in [2.24, 2.45) is 0 Å². The van der Waals surface area contributed by atoms with Crippen molar-refractivity contribution in [3.05, 3.63) is 24.3 Å². The van der Waals surface area contributed by atoms with Crippen LogP contribution < -0.4 is 4.72 Å². The van der Waals surface area contributed by atoms with Gasteiger partial charge in [0.25, 0.3) is 5.76 Å². The second-order valence-electron chi connectivity index (χ2n) is 2.92. The third-order valence-corrected chi connectivity index (χ3v) is 3.39. The van der Waals surface area contributed by atoms with Gasteiger partial charge in [-0.1, -0.05) is 11.8 Å². The van der Waals surface area contributed by atoms with Crippen LogP contribution in [0.15, 0.2) is 29.2 Å². The predicted octanol–water partition coefficient (Wildman–Crippen LogP) is 2.27. The van der Waals surface area contributed by atoms with Gasteiger partial charge in [-0.2, -0.15) is 14.0 Å². The number of sulfonamides is 1. The Morgan fingerprint density at radius 2 is 1.94 bits per heavy atom. The van der Waals surface area contributed by atoms with Gasteiger partial charge in [-0.25, -0.2) is 8.42 Å². The van der Waals surface area contributed by atoms with Crippen LogP contribution >= 0.6 is 11.8 Å². The van der Waals surface area contributed by atoms with Crippen LogP contribution in [-0.2, 0) is 10.0 Å². The highest BCUT2D eigenvalue weighted by Crippen LogP contribution is 2.26.